The predicted octanol–water partition coefficient (Wildman–Crippen LogP) is -0.116. The van der Waals surface area contributed by atoms with E-state index in [1.54, 1.807) is 0 Å². The zero-order valence-electron chi connectivity index (χ0n) is 6.76. The van der Waals surface area contributed by atoms with Gasteiger partial charge in [0.05, 0.1) is 19.4 Å². The second kappa shape index (κ2) is 3.91. The molecule has 0 radical (unpaired) electrons. The largest absolute Gasteiger partial charge is 0.377 e. The third-order valence-corrected chi connectivity index (χ3v) is 1.93. The van der Waals surface area contributed by atoms with Gasteiger partial charge in [0.1, 0.15) is 0 Å². The van der Waals surface area contributed by atoms with Crippen molar-refractivity contribution in [2.75, 3.05) is 33.4 Å². The third kappa shape index (κ3) is 1.94. The van der Waals surface area contributed by atoms with Crippen LogP contribution < -0.4 is 5.32 Å². The van der Waals surface area contributed by atoms with Gasteiger partial charge in [-0.15, -0.1) is 0 Å². The van der Waals surface area contributed by atoms with Crippen molar-refractivity contribution in [3.63, 3.8) is 0 Å². The smallest absolute Gasteiger partial charge is 0.0836 e. The van der Waals surface area contributed by atoms with Crippen molar-refractivity contribution < 1.29 is 4.74 Å². The molecule has 0 aliphatic carbocycles. The number of nitrogens with zero attached hydrogens (tertiary/aromatic N) is 1. The van der Waals surface area contributed by atoms with E-state index in [9.17, 15) is 0 Å². The Morgan fingerprint density at radius 3 is 3.00 bits per heavy atom. The van der Waals surface area contributed by atoms with Gasteiger partial charge < -0.3 is 4.74 Å². The summed E-state index contributed by atoms with van der Waals surface area (Å²) >= 11 is 0. The van der Waals surface area contributed by atoms with Crippen LogP contribution in [0.25, 0.3) is 0 Å². The average molecular weight is 144 g/mol. The van der Waals surface area contributed by atoms with Crippen LogP contribution in [0.3, 0.4) is 0 Å². The first-order valence-electron chi connectivity index (χ1n) is 3.86. The van der Waals surface area contributed by atoms with Crippen molar-refractivity contribution in [3.05, 3.63) is 0 Å². The Labute approximate surface area is 62.3 Å². The number of rotatable bonds is 2. The molecular formula is C7H16N2O. The van der Waals surface area contributed by atoms with E-state index in [1.807, 2.05) is 0 Å². The van der Waals surface area contributed by atoms with Crippen molar-refractivity contribution in [1.82, 2.24) is 10.2 Å². The van der Waals surface area contributed by atoms with E-state index in [2.05, 4.69) is 24.2 Å². The molecule has 0 aromatic heterocycles. The van der Waals surface area contributed by atoms with Gasteiger partial charge in [0.15, 0.2) is 0 Å². The number of hydrogen-bond donors (Lipinski definition) is 1. The van der Waals surface area contributed by atoms with Crippen molar-refractivity contribution in [2.45, 2.75) is 13.1 Å². The average Bonchev–Trinajstić information content (AvgIpc) is 2.05. The number of ether oxygens (including phenoxy) is 1. The zero-order chi connectivity index (χ0) is 7.40. The summed E-state index contributed by atoms with van der Waals surface area (Å²) in [4.78, 5) is 2.25. The lowest BCUT2D eigenvalue weighted by Crippen LogP contribution is -2.51. The molecule has 1 aliphatic rings. The molecule has 1 saturated heterocycles. The van der Waals surface area contributed by atoms with Crippen molar-refractivity contribution in [3.8, 4) is 0 Å². The summed E-state index contributed by atoms with van der Waals surface area (Å²) in [6, 6.07) is 0. The molecule has 1 aliphatic heterocycles. The Bertz CT molecular complexity index is 91.6. The molecular weight excluding hydrogens is 128 g/mol. The molecule has 0 bridgehead atoms. The van der Waals surface area contributed by atoms with E-state index in [-0.39, 0.29) is 0 Å². The van der Waals surface area contributed by atoms with Crippen LogP contribution in [-0.4, -0.2) is 44.4 Å². The third-order valence-electron chi connectivity index (χ3n) is 1.93. The van der Waals surface area contributed by atoms with E-state index in [0.29, 0.717) is 6.17 Å². The number of morpholine rings is 1. The van der Waals surface area contributed by atoms with Crippen LogP contribution in [0.4, 0.5) is 0 Å². The monoisotopic (exact) mass is 144 g/mol. The van der Waals surface area contributed by atoms with Gasteiger partial charge in [0.2, 0.25) is 0 Å². The van der Waals surface area contributed by atoms with Gasteiger partial charge in [-0.2, -0.15) is 0 Å². The first kappa shape index (κ1) is 7.98. The lowest BCUT2D eigenvalue weighted by atomic mass is 10.4. The maximum absolute atomic E-state index is 5.30. The predicted molar refractivity (Wildman–Crippen MR) is 40.9 cm³/mol. The van der Waals surface area contributed by atoms with Crippen molar-refractivity contribution in [2.24, 2.45) is 0 Å². The first-order chi connectivity index (χ1) is 4.84. The Kier molecular flexibility index (Phi) is 3.12. The first-order valence-corrected chi connectivity index (χ1v) is 3.86. The van der Waals surface area contributed by atoms with Crippen LogP contribution in [0.2, 0.25) is 0 Å². The van der Waals surface area contributed by atoms with Crippen LogP contribution in [0.15, 0.2) is 0 Å². The van der Waals surface area contributed by atoms with Gasteiger partial charge in [-0.1, -0.05) is 6.92 Å². The number of likely N-dealkylation sites (N-methyl/N-ethyl adjacent to an activating group) is 1. The molecule has 1 atom stereocenters. The van der Waals surface area contributed by atoms with Crippen molar-refractivity contribution >= 4 is 0 Å². The van der Waals surface area contributed by atoms with Gasteiger partial charge in [-0.25, -0.2) is 0 Å². The highest BCUT2D eigenvalue weighted by Crippen LogP contribution is 1.96. The fourth-order valence-corrected chi connectivity index (χ4v) is 1.06. The second-order valence-corrected chi connectivity index (χ2v) is 2.62. The molecule has 0 aromatic carbocycles. The summed E-state index contributed by atoms with van der Waals surface area (Å²) in [6.45, 7) is 5.88. The van der Waals surface area contributed by atoms with E-state index in [1.165, 1.54) is 0 Å². The zero-order valence-corrected chi connectivity index (χ0v) is 6.76. The topological polar surface area (TPSA) is 24.5 Å². The molecule has 3 nitrogen and oxygen atoms in total. The van der Waals surface area contributed by atoms with Gasteiger partial charge in [0, 0.05) is 6.54 Å². The molecule has 60 valence electrons. The summed E-state index contributed by atoms with van der Waals surface area (Å²) in [6.07, 6.45) is 0.429. The molecule has 10 heavy (non-hydrogen) atoms. The Hall–Kier alpha value is -0.120. The molecule has 1 unspecified atom stereocenters. The van der Waals surface area contributed by atoms with E-state index < -0.39 is 0 Å². The SMILES string of the molecule is CCN(C)C1COCCN1. The minimum Gasteiger partial charge on any atom is -0.377 e. The Balaban J connectivity index is 2.24. The molecule has 3 heteroatoms. The minimum absolute atomic E-state index is 0.429. The molecule has 1 rings (SSSR count). The van der Waals surface area contributed by atoms with E-state index >= 15 is 0 Å². The Morgan fingerprint density at radius 2 is 2.50 bits per heavy atom. The molecule has 0 saturated carbocycles. The standard InChI is InChI=1S/C7H16N2O/c1-3-9(2)7-6-10-5-4-8-7/h7-8H,3-6H2,1-2H3. The summed E-state index contributed by atoms with van der Waals surface area (Å²) in [5.41, 5.74) is 0. The fraction of sp³-hybridized carbons (Fsp3) is 1.00. The van der Waals surface area contributed by atoms with Crippen LogP contribution in [-0.2, 0) is 4.74 Å². The molecule has 1 fully saturated rings. The highest BCUT2D eigenvalue weighted by molar-refractivity contribution is 4.67. The van der Waals surface area contributed by atoms with Crippen LogP contribution in [0.1, 0.15) is 6.92 Å². The fourth-order valence-electron chi connectivity index (χ4n) is 1.06. The van der Waals surface area contributed by atoms with E-state index in [4.69, 9.17) is 4.74 Å². The van der Waals surface area contributed by atoms with Gasteiger partial charge in [0.25, 0.3) is 0 Å². The van der Waals surface area contributed by atoms with Crippen LogP contribution in [0.5, 0.6) is 0 Å². The summed E-state index contributed by atoms with van der Waals surface area (Å²) in [7, 11) is 2.10. The molecule has 1 heterocycles. The van der Waals surface area contributed by atoms with Crippen LogP contribution >= 0.6 is 0 Å². The van der Waals surface area contributed by atoms with Crippen molar-refractivity contribution in [1.29, 1.82) is 0 Å². The summed E-state index contributed by atoms with van der Waals surface area (Å²) in [5, 5.41) is 3.37. The highest BCUT2D eigenvalue weighted by atomic mass is 16.5. The minimum atomic E-state index is 0.429. The lowest BCUT2D eigenvalue weighted by Gasteiger charge is -2.31. The van der Waals surface area contributed by atoms with Gasteiger partial charge in [-0.3, -0.25) is 10.2 Å². The lowest BCUT2D eigenvalue weighted by molar-refractivity contribution is 0.0212. The molecule has 0 spiro atoms. The maximum atomic E-state index is 5.30. The Morgan fingerprint density at radius 1 is 1.70 bits per heavy atom. The van der Waals surface area contributed by atoms with Crippen LogP contribution in [0, 0.1) is 0 Å². The van der Waals surface area contributed by atoms with Gasteiger partial charge in [-0.05, 0) is 13.6 Å². The summed E-state index contributed by atoms with van der Waals surface area (Å²) < 4.78 is 5.30. The summed E-state index contributed by atoms with van der Waals surface area (Å²) in [5.74, 6) is 0. The van der Waals surface area contributed by atoms with E-state index in [0.717, 1.165) is 26.3 Å². The maximum Gasteiger partial charge on any atom is 0.0836 e. The number of hydrogen-bond acceptors (Lipinski definition) is 3. The molecule has 0 aromatic rings. The number of nitrogens with one attached hydrogen (secondary N) is 1. The molecule has 1 N–H and O–H groups in total. The highest BCUT2D eigenvalue weighted by Gasteiger charge is 2.15. The normalized spacial score (nSPS) is 27.3. The van der Waals surface area contributed by atoms with Gasteiger partial charge >= 0.3 is 0 Å². The molecule has 0 amide bonds. The quantitative estimate of drug-likeness (QED) is 0.585. The second-order valence-electron chi connectivity index (χ2n) is 2.62.